The molecule has 3 aliphatic heterocycles. The summed E-state index contributed by atoms with van der Waals surface area (Å²) in [7, 11) is 3.30. The Kier molecular flexibility index (Phi) is 7.65. The number of hydrogen-bond donors (Lipinski definition) is 2. The molecule has 0 radical (unpaired) electrons. The zero-order valence-electron chi connectivity index (χ0n) is 18.5. The van der Waals surface area contributed by atoms with Crippen LogP contribution in [0.4, 0.5) is 0 Å². The summed E-state index contributed by atoms with van der Waals surface area (Å²) in [5, 5.41) is 13.0. The number of esters is 1. The zero-order chi connectivity index (χ0) is 21.1. The maximum absolute atomic E-state index is 12.5. The van der Waals surface area contributed by atoms with Crippen molar-refractivity contribution in [2.45, 2.75) is 81.4 Å². The lowest BCUT2D eigenvalue weighted by molar-refractivity contribution is -0.150. The van der Waals surface area contributed by atoms with Crippen LogP contribution in [0.5, 0.6) is 0 Å². The largest absolute Gasteiger partial charge is 0.468 e. The minimum Gasteiger partial charge on any atom is -0.468 e. The fraction of sp³-hybridized carbons (Fsp3) is 0.955. The summed E-state index contributed by atoms with van der Waals surface area (Å²) in [5.41, 5.74) is 0. The standard InChI is InChI=1S/C22H39N3O5/c1-28-16-5-3-15(4-6-16)10-25-14-23-19-9-20(22(27)29-2)24(12-21(19)25)11-17-7-8-18(13-26)30-17/h15-21,23,26H,3-14H2,1-2H3. The number of nitrogens with zero attached hydrogens (tertiary/aromatic N) is 2. The van der Waals surface area contributed by atoms with Crippen molar-refractivity contribution >= 4 is 5.97 Å². The van der Waals surface area contributed by atoms with E-state index < -0.39 is 0 Å². The summed E-state index contributed by atoms with van der Waals surface area (Å²) in [5.74, 6) is 0.579. The molecule has 5 atom stereocenters. The highest BCUT2D eigenvalue weighted by atomic mass is 16.5. The SMILES string of the molecule is COC(=O)C1CC2NCN(CC3CCC(OC)CC3)C2CN1CC1CCC(CO)O1. The van der Waals surface area contributed by atoms with Gasteiger partial charge >= 0.3 is 5.97 Å². The molecule has 0 spiro atoms. The van der Waals surface area contributed by atoms with Crippen molar-refractivity contribution in [3.63, 3.8) is 0 Å². The Bertz CT molecular complexity index is 571. The lowest BCUT2D eigenvalue weighted by Crippen LogP contribution is -2.60. The first kappa shape index (κ1) is 22.4. The van der Waals surface area contributed by atoms with Crippen molar-refractivity contribution in [2.75, 3.05) is 47.1 Å². The van der Waals surface area contributed by atoms with Gasteiger partial charge in [-0.3, -0.25) is 19.9 Å². The lowest BCUT2D eigenvalue weighted by Gasteiger charge is -2.43. The molecule has 4 rings (SSSR count). The predicted molar refractivity (Wildman–Crippen MR) is 112 cm³/mol. The molecule has 3 saturated heterocycles. The van der Waals surface area contributed by atoms with Gasteiger partial charge in [0.25, 0.3) is 0 Å². The number of ether oxygens (including phenoxy) is 3. The number of hydrogen-bond acceptors (Lipinski definition) is 8. The normalized spacial score (nSPS) is 40.4. The number of fused-ring (bicyclic) bond motifs is 1. The maximum atomic E-state index is 12.5. The highest BCUT2D eigenvalue weighted by Gasteiger charge is 2.46. The van der Waals surface area contributed by atoms with Crippen LogP contribution in [0.15, 0.2) is 0 Å². The number of piperidine rings is 1. The van der Waals surface area contributed by atoms with Gasteiger partial charge in [-0.25, -0.2) is 0 Å². The molecule has 5 unspecified atom stereocenters. The second-order valence-corrected chi connectivity index (χ2v) is 9.55. The van der Waals surface area contributed by atoms with Crippen molar-refractivity contribution < 1.29 is 24.1 Å². The summed E-state index contributed by atoms with van der Waals surface area (Å²) in [6, 6.07) is 0.522. The molecule has 0 aromatic rings. The monoisotopic (exact) mass is 425 g/mol. The molecule has 30 heavy (non-hydrogen) atoms. The molecular formula is C22H39N3O5. The highest BCUT2D eigenvalue weighted by molar-refractivity contribution is 5.76. The number of rotatable bonds is 7. The van der Waals surface area contributed by atoms with Gasteiger partial charge in [-0.2, -0.15) is 0 Å². The average Bonchev–Trinajstić information content (AvgIpc) is 3.40. The van der Waals surface area contributed by atoms with Crippen LogP contribution < -0.4 is 5.32 Å². The van der Waals surface area contributed by atoms with Crippen molar-refractivity contribution in [1.29, 1.82) is 0 Å². The zero-order valence-corrected chi connectivity index (χ0v) is 18.5. The highest BCUT2D eigenvalue weighted by Crippen LogP contribution is 2.32. The number of methoxy groups -OCH3 is 2. The summed E-state index contributed by atoms with van der Waals surface area (Å²) in [6.07, 6.45) is 7.87. The lowest BCUT2D eigenvalue weighted by atomic mass is 9.86. The third-order valence-corrected chi connectivity index (χ3v) is 7.76. The number of carbonyl (C=O) groups excluding carboxylic acids is 1. The number of carbonyl (C=O) groups is 1. The third kappa shape index (κ3) is 5.00. The Hall–Kier alpha value is -0.770. The minimum atomic E-state index is -0.224. The van der Waals surface area contributed by atoms with Crippen LogP contribution in [0, 0.1) is 5.92 Å². The Morgan fingerprint density at radius 2 is 1.83 bits per heavy atom. The van der Waals surface area contributed by atoms with Crippen LogP contribution in [-0.2, 0) is 19.0 Å². The third-order valence-electron chi connectivity index (χ3n) is 7.76. The van der Waals surface area contributed by atoms with E-state index in [1.54, 1.807) is 0 Å². The number of aliphatic hydroxyl groups is 1. The summed E-state index contributed by atoms with van der Waals surface area (Å²) >= 11 is 0. The molecule has 3 heterocycles. The van der Waals surface area contributed by atoms with Gasteiger partial charge in [0.15, 0.2) is 0 Å². The molecule has 2 N–H and O–H groups in total. The van der Waals surface area contributed by atoms with Crippen LogP contribution in [0.2, 0.25) is 0 Å². The van der Waals surface area contributed by atoms with Crippen molar-refractivity contribution in [3.8, 4) is 0 Å². The Morgan fingerprint density at radius 3 is 2.50 bits per heavy atom. The number of likely N-dealkylation sites (tertiary alicyclic amines) is 1. The van der Waals surface area contributed by atoms with Crippen LogP contribution in [0.3, 0.4) is 0 Å². The van der Waals surface area contributed by atoms with E-state index >= 15 is 0 Å². The van der Waals surface area contributed by atoms with Crippen molar-refractivity contribution in [1.82, 2.24) is 15.1 Å². The van der Waals surface area contributed by atoms with Crippen molar-refractivity contribution in [2.24, 2.45) is 5.92 Å². The number of nitrogens with one attached hydrogen (secondary N) is 1. The van der Waals surface area contributed by atoms with Gasteiger partial charge < -0.3 is 19.3 Å². The smallest absolute Gasteiger partial charge is 0.323 e. The molecular weight excluding hydrogens is 386 g/mol. The summed E-state index contributed by atoms with van der Waals surface area (Å²) in [4.78, 5) is 17.4. The second kappa shape index (κ2) is 10.2. The molecule has 1 aliphatic carbocycles. The molecule has 0 aromatic carbocycles. The van der Waals surface area contributed by atoms with Gasteiger partial charge in [-0.1, -0.05) is 0 Å². The average molecular weight is 426 g/mol. The van der Waals surface area contributed by atoms with Crippen molar-refractivity contribution in [3.05, 3.63) is 0 Å². The van der Waals surface area contributed by atoms with Gasteiger partial charge in [-0.05, 0) is 50.9 Å². The molecule has 0 bridgehead atoms. The molecule has 8 heteroatoms. The summed E-state index contributed by atoms with van der Waals surface area (Å²) < 4.78 is 16.6. The van der Waals surface area contributed by atoms with Gasteiger partial charge in [0.1, 0.15) is 6.04 Å². The quantitative estimate of drug-likeness (QED) is 0.573. The van der Waals surface area contributed by atoms with Crippen LogP contribution in [0.25, 0.3) is 0 Å². The van der Waals surface area contributed by atoms with Gasteiger partial charge in [0.2, 0.25) is 0 Å². The summed E-state index contributed by atoms with van der Waals surface area (Å²) in [6.45, 7) is 3.67. The van der Waals surface area contributed by atoms with E-state index in [1.165, 1.54) is 20.0 Å². The fourth-order valence-corrected chi connectivity index (χ4v) is 5.96. The first-order chi connectivity index (χ1) is 14.6. The molecule has 0 amide bonds. The van der Waals surface area contributed by atoms with Crippen LogP contribution in [0.1, 0.15) is 44.9 Å². The molecule has 8 nitrogen and oxygen atoms in total. The van der Waals surface area contributed by atoms with E-state index in [9.17, 15) is 9.90 Å². The first-order valence-electron chi connectivity index (χ1n) is 11.7. The van der Waals surface area contributed by atoms with E-state index in [2.05, 4.69) is 15.1 Å². The Labute approximate surface area is 180 Å². The Morgan fingerprint density at radius 1 is 1.07 bits per heavy atom. The minimum absolute atomic E-state index is 0.0593. The van der Waals surface area contributed by atoms with Gasteiger partial charge in [-0.15, -0.1) is 0 Å². The fourth-order valence-electron chi connectivity index (χ4n) is 5.96. The topological polar surface area (TPSA) is 83.5 Å². The molecule has 172 valence electrons. The van der Waals surface area contributed by atoms with E-state index in [4.69, 9.17) is 14.2 Å². The molecule has 1 saturated carbocycles. The van der Waals surface area contributed by atoms with Crippen LogP contribution in [-0.4, -0.2) is 104 Å². The van der Waals surface area contributed by atoms with E-state index in [-0.39, 0.29) is 30.8 Å². The van der Waals surface area contributed by atoms with Crippen LogP contribution >= 0.6 is 0 Å². The van der Waals surface area contributed by atoms with E-state index in [0.717, 1.165) is 64.3 Å². The van der Waals surface area contributed by atoms with E-state index in [1.807, 2.05) is 7.11 Å². The number of aliphatic hydroxyl groups excluding tert-OH is 1. The molecule has 4 aliphatic rings. The van der Waals surface area contributed by atoms with Gasteiger partial charge in [0.05, 0.1) is 32.0 Å². The first-order valence-corrected chi connectivity index (χ1v) is 11.7. The maximum Gasteiger partial charge on any atom is 0.323 e. The predicted octanol–water partition coefficient (Wildman–Crippen LogP) is 0.579. The Balaban J connectivity index is 1.37. The molecule has 0 aromatic heterocycles. The van der Waals surface area contributed by atoms with Gasteiger partial charge in [0, 0.05) is 45.5 Å². The molecule has 4 fully saturated rings. The van der Waals surface area contributed by atoms with E-state index in [0.29, 0.717) is 18.2 Å². The second-order valence-electron chi connectivity index (χ2n) is 9.55.